The molecule has 8 nitrogen and oxygen atoms in total. The Hall–Kier alpha value is -2.71. The van der Waals surface area contributed by atoms with Gasteiger partial charge in [-0.3, -0.25) is 9.59 Å². The largest absolute Gasteiger partial charge is 0.463 e. The molecule has 0 amide bonds. The Morgan fingerprint density at radius 3 is 1.35 bits per heavy atom. The van der Waals surface area contributed by atoms with Crippen molar-refractivity contribution in [3.8, 4) is 11.5 Å². The van der Waals surface area contributed by atoms with Crippen LogP contribution in [0.2, 0.25) is 0 Å². The first kappa shape index (κ1) is 39.7. The van der Waals surface area contributed by atoms with Crippen LogP contribution in [-0.4, -0.2) is 49.9 Å². The summed E-state index contributed by atoms with van der Waals surface area (Å²) >= 11 is 0. The van der Waals surface area contributed by atoms with Gasteiger partial charge in [-0.2, -0.15) is 0 Å². The van der Waals surface area contributed by atoms with Crippen LogP contribution < -0.4 is 9.47 Å². The topological polar surface area (TPSA) is 97.4 Å². The number of unbranched alkanes of at least 4 members (excludes halogenated alkanes) is 11. The zero-order valence-corrected chi connectivity index (χ0v) is 29.6. The van der Waals surface area contributed by atoms with Crippen molar-refractivity contribution in [2.24, 2.45) is 11.8 Å². The van der Waals surface area contributed by atoms with Crippen molar-refractivity contribution in [1.29, 1.82) is 0 Å². The summed E-state index contributed by atoms with van der Waals surface area (Å²) in [5.41, 5.74) is 0. The lowest BCUT2D eigenvalue weighted by atomic mass is 9.87. The van der Waals surface area contributed by atoms with Gasteiger partial charge in [0.2, 0.25) is 0 Å². The zero-order valence-electron chi connectivity index (χ0n) is 29.6. The van der Waals surface area contributed by atoms with E-state index in [0.717, 1.165) is 90.3 Å². The van der Waals surface area contributed by atoms with Gasteiger partial charge in [0.05, 0.1) is 30.7 Å². The Bertz CT molecular complexity index is 1040. The molecule has 0 unspecified atom stereocenters. The zero-order chi connectivity index (χ0) is 34.2. The number of hydrogen-bond acceptors (Lipinski definition) is 8. The standard InChI is InChI=1S/C40H62O8/c1-3-5-6-14-29-44-34-21-17-32(18-22-34)39(42)47-36-25-27-37(28-26-36)48-40(43)33-19-23-35(24-20-33)45-30-15-12-10-8-7-9-11-13-16-31-46-38(41)4-2/h4,25-28,32-35H,2-3,5-24,29-31H2,1H3. The second kappa shape index (κ2) is 24.4. The van der Waals surface area contributed by atoms with Crippen molar-refractivity contribution < 1.29 is 38.1 Å². The van der Waals surface area contributed by atoms with Gasteiger partial charge < -0.3 is 23.7 Å². The van der Waals surface area contributed by atoms with Gasteiger partial charge in [0, 0.05) is 19.3 Å². The highest BCUT2D eigenvalue weighted by Crippen LogP contribution is 2.30. The van der Waals surface area contributed by atoms with Gasteiger partial charge >= 0.3 is 17.9 Å². The molecular weight excluding hydrogens is 608 g/mol. The third-order valence-corrected chi connectivity index (χ3v) is 9.68. The molecule has 0 bridgehead atoms. The van der Waals surface area contributed by atoms with Crippen molar-refractivity contribution in [2.75, 3.05) is 19.8 Å². The Morgan fingerprint density at radius 1 is 0.583 bits per heavy atom. The third kappa shape index (κ3) is 16.6. The lowest BCUT2D eigenvalue weighted by molar-refractivity contribution is -0.142. The highest BCUT2D eigenvalue weighted by molar-refractivity contribution is 5.81. The summed E-state index contributed by atoms with van der Waals surface area (Å²) in [7, 11) is 0. The first-order valence-electron chi connectivity index (χ1n) is 19.0. The Morgan fingerprint density at radius 2 is 0.958 bits per heavy atom. The molecule has 0 aromatic heterocycles. The maximum atomic E-state index is 12.8. The minimum Gasteiger partial charge on any atom is -0.463 e. The Kier molecular flexibility index (Phi) is 20.2. The number of carbonyl (C=O) groups excluding carboxylic acids is 3. The van der Waals surface area contributed by atoms with Gasteiger partial charge in [-0.1, -0.05) is 77.7 Å². The predicted octanol–water partition coefficient (Wildman–Crippen LogP) is 9.47. The van der Waals surface area contributed by atoms with E-state index >= 15 is 0 Å². The summed E-state index contributed by atoms with van der Waals surface area (Å²) in [5, 5.41) is 0. The van der Waals surface area contributed by atoms with Crippen LogP contribution in [0.15, 0.2) is 36.9 Å². The van der Waals surface area contributed by atoms with Crippen LogP contribution >= 0.6 is 0 Å². The fourth-order valence-electron chi connectivity index (χ4n) is 6.61. The van der Waals surface area contributed by atoms with E-state index in [4.69, 9.17) is 23.7 Å². The van der Waals surface area contributed by atoms with Crippen molar-refractivity contribution in [1.82, 2.24) is 0 Å². The van der Waals surface area contributed by atoms with E-state index in [0.29, 0.717) is 18.1 Å². The summed E-state index contributed by atoms with van der Waals surface area (Å²) < 4.78 is 28.4. The van der Waals surface area contributed by atoms with Gasteiger partial charge in [0.25, 0.3) is 0 Å². The smallest absolute Gasteiger partial charge is 0.330 e. The van der Waals surface area contributed by atoms with Crippen molar-refractivity contribution in [3.05, 3.63) is 36.9 Å². The van der Waals surface area contributed by atoms with Gasteiger partial charge in [-0.15, -0.1) is 0 Å². The van der Waals surface area contributed by atoms with E-state index in [2.05, 4.69) is 13.5 Å². The molecule has 8 heteroatoms. The molecule has 0 saturated heterocycles. The Balaban J connectivity index is 1.18. The van der Waals surface area contributed by atoms with Crippen LogP contribution in [0.5, 0.6) is 11.5 Å². The second-order valence-corrected chi connectivity index (χ2v) is 13.6. The summed E-state index contributed by atoms with van der Waals surface area (Å²) in [6, 6.07) is 6.80. The summed E-state index contributed by atoms with van der Waals surface area (Å²) in [6.45, 7) is 7.70. The van der Waals surface area contributed by atoms with Crippen molar-refractivity contribution in [3.63, 3.8) is 0 Å². The number of esters is 3. The van der Waals surface area contributed by atoms with E-state index in [9.17, 15) is 14.4 Å². The fraction of sp³-hybridized carbons (Fsp3) is 0.725. The van der Waals surface area contributed by atoms with Crippen LogP contribution in [0, 0.1) is 11.8 Å². The van der Waals surface area contributed by atoms with Crippen LogP contribution in [0.25, 0.3) is 0 Å². The molecule has 0 heterocycles. The molecule has 2 fully saturated rings. The lowest BCUT2D eigenvalue weighted by Gasteiger charge is -2.27. The van der Waals surface area contributed by atoms with E-state index in [1.54, 1.807) is 24.3 Å². The van der Waals surface area contributed by atoms with E-state index in [1.807, 2.05) is 0 Å². The van der Waals surface area contributed by atoms with Gasteiger partial charge in [-0.25, -0.2) is 4.79 Å². The average Bonchev–Trinajstić information content (AvgIpc) is 3.11. The number of ether oxygens (including phenoxy) is 5. The van der Waals surface area contributed by atoms with E-state index < -0.39 is 0 Å². The number of rotatable bonds is 24. The van der Waals surface area contributed by atoms with Gasteiger partial charge in [-0.05, 0) is 94.9 Å². The number of carbonyl (C=O) groups is 3. The van der Waals surface area contributed by atoms with Crippen molar-refractivity contribution >= 4 is 17.9 Å². The summed E-state index contributed by atoms with van der Waals surface area (Å²) in [4.78, 5) is 36.5. The SMILES string of the molecule is C=CC(=O)OCCCCCCCCCCCOC1CCC(C(=O)Oc2ccc(OC(=O)C3CCC(OCCCCCC)CC3)cc2)CC1. The van der Waals surface area contributed by atoms with Crippen LogP contribution in [0.4, 0.5) is 0 Å². The molecule has 0 radical (unpaired) electrons. The number of benzene rings is 1. The molecule has 2 saturated carbocycles. The number of hydrogen-bond donors (Lipinski definition) is 0. The predicted molar refractivity (Wildman–Crippen MR) is 188 cm³/mol. The molecule has 0 atom stereocenters. The molecule has 2 aliphatic carbocycles. The highest BCUT2D eigenvalue weighted by Gasteiger charge is 2.29. The molecule has 0 spiro atoms. The van der Waals surface area contributed by atoms with Crippen LogP contribution in [0.3, 0.4) is 0 Å². The Labute approximate surface area is 289 Å². The molecule has 48 heavy (non-hydrogen) atoms. The van der Waals surface area contributed by atoms with Crippen LogP contribution in [0.1, 0.15) is 142 Å². The molecule has 2 aliphatic rings. The fourth-order valence-corrected chi connectivity index (χ4v) is 6.61. The molecule has 0 aliphatic heterocycles. The minimum atomic E-state index is -0.338. The van der Waals surface area contributed by atoms with Gasteiger partial charge in [0.15, 0.2) is 0 Å². The summed E-state index contributed by atoms with van der Waals surface area (Å²) in [6.07, 6.45) is 23.7. The first-order chi connectivity index (χ1) is 23.5. The maximum absolute atomic E-state index is 12.8. The third-order valence-electron chi connectivity index (χ3n) is 9.68. The monoisotopic (exact) mass is 670 g/mol. The highest BCUT2D eigenvalue weighted by atomic mass is 16.5. The van der Waals surface area contributed by atoms with Gasteiger partial charge in [0.1, 0.15) is 11.5 Å². The van der Waals surface area contributed by atoms with Crippen LogP contribution in [-0.2, 0) is 28.6 Å². The quantitative estimate of drug-likeness (QED) is 0.0464. The maximum Gasteiger partial charge on any atom is 0.330 e. The average molecular weight is 671 g/mol. The molecule has 270 valence electrons. The first-order valence-corrected chi connectivity index (χ1v) is 19.0. The molecule has 1 aromatic rings. The molecule has 3 rings (SSSR count). The van der Waals surface area contributed by atoms with Crippen molar-refractivity contribution in [2.45, 2.75) is 154 Å². The molecular formula is C40H62O8. The van der Waals surface area contributed by atoms with E-state index in [1.165, 1.54) is 63.9 Å². The normalized spacial score (nSPS) is 20.9. The lowest BCUT2D eigenvalue weighted by Crippen LogP contribution is -2.29. The minimum absolute atomic E-state index is 0.0947. The molecule has 1 aromatic carbocycles. The van der Waals surface area contributed by atoms with E-state index in [-0.39, 0.29) is 42.0 Å². The second-order valence-electron chi connectivity index (χ2n) is 13.6. The summed E-state index contributed by atoms with van der Waals surface area (Å²) in [5.74, 6) is 0.0206. The molecule has 0 N–H and O–H groups in total.